The van der Waals surface area contributed by atoms with Crippen LogP contribution in [0.2, 0.25) is 0 Å². The summed E-state index contributed by atoms with van der Waals surface area (Å²) in [6.45, 7) is 0. The molecule has 294 valence electrons. The monoisotopic (exact) mass is 805 g/mol. The number of furan rings is 1. The first kappa shape index (κ1) is 35.2. The summed E-state index contributed by atoms with van der Waals surface area (Å²) in [6.07, 6.45) is 0. The molecule has 0 fully saturated rings. The summed E-state index contributed by atoms with van der Waals surface area (Å²) in [7, 11) is 0. The Hall–Kier alpha value is -8.61. The summed E-state index contributed by atoms with van der Waals surface area (Å²) in [4.78, 5) is 15.5. The fourth-order valence-electron chi connectivity index (χ4n) is 9.58. The number of rotatable bonds is 6. The molecule has 0 amide bonds. The predicted molar refractivity (Wildman–Crippen MR) is 258 cm³/mol. The van der Waals surface area contributed by atoms with E-state index in [1.807, 2.05) is 60.7 Å². The first-order valence-corrected chi connectivity index (χ1v) is 21.2. The van der Waals surface area contributed by atoms with E-state index >= 15 is 0 Å². The molecule has 0 spiro atoms. The zero-order chi connectivity index (χ0) is 41.4. The first-order valence-electron chi connectivity index (χ1n) is 21.2. The highest BCUT2D eigenvalue weighted by molar-refractivity contribution is 6.19. The van der Waals surface area contributed by atoms with Crippen LogP contribution in [0, 0.1) is 0 Å². The summed E-state index contributed by atoms with van der Waals surface area (Å²) in [5.74, 6) is 1.79. The Morgan fingerprint density at radius 2 is 0.810 bits per heavy atom. The van der Waals surface area contributed by atoms with Crippen LogP contribution in [-0.2, 0) is 0 Å². The zero-order valence-corrected chi connectivity index (χ0v) is 33.9. The van der Waals surface area contributed by atoms with Crippen molar-refractivity contribution in [1.29, 1.82) is 0 Å². The van der Waals surface area contributed by atoms with E-state index in [2.05, 4.69) is 161 Å². The van der Waals surface area contributed by atoms with E-state index in [1.165, 1.54) is 21.5 Å². The van der Waals surface area contributed by atoms with Gasteiger partial charge in [0.1, 0.15) is 5.58 Å². The van der Waals surface area contributed by atoms with Crippen LogP contribution < -0.4 is 0 Å². The van der Waals surface area contributed by atoms with Crippen molar-refractivity contribution >= 4 is 65.6 Å². The molecule has 0 aliphatic heterocycles. The average Bonchev–Trinajstić information content (AvgIpc) is 4.03. The lowest BCUT2D eigenvalue weighted by Gasteiger charge is -2.11. The lowest BCUT2D eigenvalue weighted by atomic mass is 9.96. The summed E-state index contributed by atoms with van der Waals surface area (Å²) in [5.41, 5.74) is 12.9. The van der Waals surface area contributed by atoms with Gasteiger partial charge in [0.05, 0.1) is 27.8 Å². The van der Waals surface area contributed by atoms with E-state index < -0.39 is 0 Å². The van der Waals surface area contributed by atoms with Gasteiger partial charge in [-0.05, 0) is 66.2 Å². The molecule has 0 saturated carbocycles. The summed E-state index contributed by atoms with van der Waals surface area (Å²) < 4.78 is 12.0. The second-order valence-electron chi connectivity index (χ2n) is 15.9. The molecule has 0 aliphatic rings. The third kappa shape index (κ3) is 5.48. The molecule has 6 nitrogen and oxygen atoms in total. The number of benzene rings is 9. The highest BCUT2D eigenvalue weighted by Gasteiger charge is 2.24. The maximum Gasteiger partial charge on any atom is 0.164 e. The molecule has 4 aromatic heterocycles. The third-order valence-electron chi connectivity index (χ3n) is 12.4. The fourth-order valence-corrected chi connectivity index (χ4v) is 9.58. The normalized spacial score (nSPS) is 11.8. The van der Waals surface area contributed by atoms with Gasteiger partial charge in [-0.1, -0.05) is 152 Å². The van der Waals surface area contributed by atoms with Gasteiger partial charge in [0.25, 0.3) is 0 Å². The smallest absolute Gasteiger partial charge is 0.164 e. The van der Waals surface area contributed by atoms with Gasteiger partial charge in [-0.25, -0.2) is 15.0 Å². The number of para-hydroxylation sites is 5. The second kappa shape index (κ2) is 14.0. The molecule has 0 unspecified atom stereocenters. The van der Waals surface area contributed by atoms with E-state index in [9.17, 15) is 0 Å². The van der Waals surface area contributed by atoms with Crippen molar-refractivity contribution in [2.45, 2.75) is 0 Å². The van der Waals surface area contributed by atoms with Crippen LogP contribution in [0.5, 0.6) is 0 Å². The Kier molecular flexibility index (Phi) is 7.80. The van der Waals surface area contributed by atoms with Gasteiger partial charge in [0.2, 0.25) is 0 Å². The minimum Gasteiger partial charge on any atom is -0.453 e. The topological polar surface area (TPSA) is 61.7 Å². The molecule has 63 heavy (non-hydrogen) atoms. The number of fused-ring (bicyclic) bond motifs is 9. The van der Waals surface area contributed by atoms with E-state index in [0.29, 0.717) is 17.5 Å². The highest BCUT2D eigenvalue weighted by Crippen LogP contribution is 2.45. The molecule has 0 aliphatic carbocycles. The fraction of sp³-hybridized carbons (Fsp3) is 0. The molecule has 0 bridgehead atoms. The Morgan fingerprint density at radius 3 is 1.44 bits per heavy atom. The second-order valence-corrected chi connectivity index (χ2v) is 15.9. The molecular weight excluding hydrogens is 771 g/mol. The molecule has 6 heteroatoms. The van der Waals surface area contributed by atoms with Gasteiger partial charge in [0.15, 0.2) is 23.1 Å². The van der Waals surface area contributed by atoms with Crippen LogP contribution in [0.4, 0.5) is 0 Å². The van der Waals surface area contributed by atoms with E-state index in [1.54, 1.807) is 0 Å². The van der Waals surface area contributed by atoms with Gasteiger partial charge in [0, 0.05) is 60.3 Å². The average molecular weight is 806 g/mol. The maximum absolute atomic E-state index is 7.36. The van der Waals surface area contributed by atoms with E-state index in [4.69, 9.17) is 19.4 Å². The van der Waals surface area contributed by atoms with Gasteiger partial charge >= 0.3 is 0 Å². The summed E-state index contributed by atoms with van der Waals surface area (Å²) >= 11 is 0. The van der Waals surface area contributed by atoms with Crippen molar-refractivity contribution in [1.82, 2.24) is 24.1 Å². The van der Waals surface area contributed by atoms with Crippen molar-refractivity contribution in [2.24, 2.45) is 0 Å². The van der Waals surface area contributed by atoms with Crippen LogP contribution in [0.3, 0.4) is 0 Å². The Balaban J connectivity index is 1.12. The molecule has 4 heterocycles. The molecule has 13 aromatic rings. The Bertz CT molecular complexity index is 3790. The van der Waals surface area contributed by atoms with Crippen molar-refractivity contribution in [3.63, 3.8) is 0 Å². The van der Waals surface area contributed by atoms with E-state index in [0.717, 1.165) is 83.2 Å². The SMILES string of the molecule is c1ccc(-c2nc(-c3ccccc3)nc(-c3ccc(-c4ccc5c(c4)c4ccccc4n5-c4ccccc4)c4oc5c(-n6c7ccccc7c7ccccc76)cccc5c34)n2)cc1. The minimum absolute atomic E-state index is 0.575. The standard InChI is InChI=1S/C57H35N5O/c1-4-17-36(18-5-1)55-58-56(37-19-6-2-7-20-37)60-57(59-55)45-33-32-40(38-31-34-50-46(35-38)43-25-12-13-27-47(43)61(50)39-21-8-3-9-22-39)54-52(45)44-26-16-30-51(53(44)63-54)62-48-28-14-10-23-41(48)42-24-11-15-29-49(42)62/h1-35H. The number of hydrogen-bond acceptors (Lipinski definition) is 4. The lowest BCUT2D eigenvalue weighted by Crippen LogP contribution is -2.00. The first-order chi connectivity index (χ1) is 31.3. The van der Waals surface area contributed by atoms with Crippen molar-refractivity contribution in [2.75, 3.05) is 0 Å². The largest absolute Gasteiger partial charge is 0.453 e. The van der Waals surface area contributed by atoms with Gasteiger partial charge in [-0.3, -0.25) is 0 Å². The van der Waals surface area contributed by atoms with Crippen LogP contribution in [0.25, 0.3) is 122 Å². The van der Waals surface area contributed by atoms with Crippen molar-refractivity contribution < 1.29 is 4.42 Å². The quantitative estimate of drug-likeness (QED) is 0.168. The number of aromatic nitrogens is 5. The Morgan fingerprint density at radius 1 is 0.317 bits per heavy atom. The molecule has 0 atom stereocenters. The summed E-state index contributed by atoms with van der Waals surface area (Å²) in [6, 6.07) is 74.3. The minimum atomic E-state index is 0.575. The predicted octanol–water partition coefficient (Wildman–Crippen LogP) is 14.6. The third-order valence-corrected chi connectivity index (χ3v) is 12.4. The van der Waals surface area contributed by atoms with Crippen molar-refractivity contribution in [3.05, 3.63) is 212 Å². The Labute approximate surface area is 361 Å². The molecule has 0 N–H and O–H groups in total. The number of hydrogen-bond donors (Lipinski definition) is 0. The number of nitrogens with zero attached hydrogens (tertiary/aromatic N) is 5. The molecule has 9 aromatic carbocycles. The van der Waals surface area contributed by atoms with Gasteiger partial charge in [-0.15, -0.1) is 0 Å². The van der Waals surface area contributed by atoms with Crippen LogP contribution in [0.15, 0.2) is 217 Å². The maximum atomic E-state index is 7.36. The van der Waals surface area contributed by atoms with E-state index in [-0.39, 0.29) is 0 Å². The molecule has 13 rings (SSSR count). The lowest BCUT2D eigenvalue weighted by molar-refractivity contribution is 0.667. The van der Waals surface area contributed by atoms with Gasteiger partial charge < -0.3 is 13.6 Å². The van der Waals surface area contributed by atoms with Crippen LogP contribution >= 0.6 is 0 Å². The molecule has 0 saturated heterocycles. The summed E-state index contributed by atoms with van der Waals surface area (Å²) in [5, 5.41) is 6.67. The zero-order valence-electron chi connectivity index (χ0n) is 33.9. The van der Waals surface area contributed by atoms with Crippen LogP contribution in [-0.4, -0.2) is 24.1 Å². The molecule has 0 radical (unpaired) electrons. The van der Waals surface area contributed by atoms with Crippen molar-refractivity contribution in [3.8, 4) is 56.7 Å². The molecular formula is C57H35N5O. The van der Waals surface area contributed by atoms with Gasteiger partial charge in [-0.2, -0.15) is 0 Å². The van der Waals surface area contributed by atoms with Crippen LogP contribution in [0.1, 0.15) is 0 Å². The highest BCUT2D eigenvalue weighted by atomic mass is 16.3.